The molecule has 3 heterocycles. The van der Waals surface area contributed by atoms with Crippen molar-refractivity contribution in [2.75, 3.05) is 20.2 Å². The monoisotopic (exact) mass is 379 g/mol. The molecule has 1 aliphatic heterocycles. The lowest BCUT2D eigenvalue weighted by Crippen LogP contribution is -2.44. The van der Waals surface area contributed by atoms with Gasteiger partial charge in [0.1, 0.15) is 17.5 Å². The Balaban J connectivity index is 1.44. The van der Waals surface area contributed by atoms with E-state index in [0.29, 0.717) is 30.4 Å². The van der Waals surface area contributed by atoms with Crippen LogP contribution in [0.5, 0.6) is 11.6 Å². The van der Waals surface area contributed by atoms with Gasteiger partial charge in [0, 0.05) is 24.4 Å². The Hall–Kier alpha value is -3.42. The van der Waals surface area contributed by atoms with Crippen LogP contribution in [0.2, 0.25) is 0 Å². The van der Waals surface area contributed by atoms with E-state index in [-0.39, 0.29) is 12.0 Å². The van der Waals surface area contributed by atoms with E-state index in [1.54, 1.807) is 36.4 Å². The highest BCUT2D eigenvalue weighted by Gasteiger charge is 2.27. The molecule has 8 heteroatoms. The molecule has 8 nitrogen and oxygen atoms in total. The van der Waals surface area contributed by atoms with Crippen LogP contribution in [0.1, 0.15) is 23.3 Å². The third-order valence-corrected chi connectivity index (χ3v) is 4.67. The van der Waals surface area contributed by atoms with Crippen molar-refractivity contribution in [3.05, 3.63) is 54.4 Å². The summed E-state index contributed by atoms with van der Waals surface area (Å²) in [5, 5.41) is 14.9. The molecule has 0 bridgehead atoms. The second kappa shape index (κ2) is 8.08. The summed E-state index contributed by atoms with van der Waals surface area (Å²) in [4.78, 5) is 14.7. The van der Waals surface area contributed by atoms with Gasteiger partial charge in [-0.3, -0.25) is 9.89 Å². The number of hydrogen-bond acceptors (Lipinski definition) is 6. The third kappa shape index (κ3) is 3.95. The number of piperidine rings is 1. The third-order valence-electron chi connectivity index (χ3n) is 4.67. The number of likely N-dealkylation sites (tertiary alicyclic amines) is 1. The minimum Gasteiger partial charge on any atom is -0.497 e. The number of aromatic amines is 1. The number of rotatable bonds is 5. The van der Waals surface area contributed by atoms with Crippen LogP contribution in [0, 0.1) is 0 Å². The number of methoxy groups -OCH3 is 1. The lowest BCUT2D eigenvalue weighted by molar-refractivity contribution is 0.0520. The van der Waals surface area contributed by atoms with Crippen molar-refractivity contribution in [1.82, 2.24) is 25.3 Å². The zero-order chi connectivity index (χ0) is 19.3. The number of ether oxygens (including phenoxy) is 2. The minimum atomic E-state index is -0.102. The predicted molar refractivity (Wildman–Crippen MR) is 102 cm³/mol. The number of H-pyrrole nitrogens is 1. The van der Waals surface area contributed by atoms with Crippen molar-refractivity contribution < 1.29 is 14.3 Å². The largest absolute Gasteiger partial charge is 0.497 e. The van der Waals surface area contributed by atoms with Crippen LogP contribution < -0.4 is 9.47 Å². The highest BCUT2D eigenvalue weighted by atomic mass is 16.5. The average Bonchev–Trinajstić information content (AvgIpc) is 3.24. The lowest BCUT2D eigenvalue weighted by atomic mass is 10.1. The number of aromatic nitrogens is 4. The number of hydrogen-bond donors (Lipinski definition) is 1. The zero-order valence-corrected chi connectivity index (χ0v) is 15.5. The molecule has 1 N–H and O–H groups in total. The Morgan fingerprint density at radius 3 is 3.00 bits per heavy atom. The molecule has 4 rings (SSSR count). The predicted octanol–water partition coefficient (Wildman–Crippen LogP) is 2.56. The molecule has 1 aliphatic rings. The smallest absolute Gasteiger partial charge is 0.272 e. The summed E-state index contributed by atoms with van der Waals surface area (Å²) in [6.45, 7) is 1.19. The van der Waals surface area contributed by atoms with Gasteiger partial charge in [0.05, 0.1) is 19.3 Å². The quantitative estimate of drug-likeness (QED) is 0.732. The number of carbonyl (C=O) groups is 1. The molecular formula is C20H21N5O3. The Bertz CT molecular complexity index is 944. The van der Waals surface area contributed by atoms with Gasteiger partial charge in [-0.1, -0.05) is 12.1 Å². The highest BCUT2D eigenvalue weighted by molar-refractivity contribution is 5.93. The van der Waals surface area contributed by atoms with Crippen molar-refractivity contribution in [3.8, 4) is 22.9 Å². The summed E-state index contributed by atoms with van der Waals surface area (Å²) in [6.07, 6.45) is 3.24. The van der Waals surface area contributed by atoms with Crippen molar-refractivity contribution in [1.29, 1.82) is 0 Å². The van der Waals surface area contributed by atoms with Crippen molar-refractivity contribution >= 4 is 5.91 Å². The van der Waals surface area contributed by atoms with E-state index in [0.717, 1.165) is 24.2 Å². The van der Waals surface area contributed by atoms with Crippen LogP contribution in [0.15, 0.2) is 48.7 Å². The number of nitrogens with zero attached hydrogens (tertiary/aromatic N) is 4. The molecule has 144 valence electrons. The Labute approximate surface area is 162 Å². The molecular weight excluding hydrogens is 358 g/mol. The topological polar surface area (TPSA) is 93.2 Å². The van der Waals surface area contributed by atoms with E-state index in [4.69, 9.17) is 9.47 Å². The van der Waals surface area contributed by atoms with Crippen molar-refractivity contribution in [2.45, 2.75) is 18.9 Å². The first-order valence-corrected chi connectivity index (χ1v) is 9.16. The summed E-state index contributed by atoms with van der Waals surface area (Å²) in [7, 11) is 1.62. The second-order valence-corrected chi connectivity index (χ2v) is 6.59. The van der Waals surface area contributed by atoms with E-state index in [1.165, 1.54) is 0 Å². The summed E-state index contributed by atoms with van der Waals surface area (Å²) >= 11 is 0. The van der Waals surface area contributed by atoms with Gasteiger partial charge in [-0.25, -0.2) is 0 Å². The fraction of sp³-hybridized carbons (Fsp3) is 0.300. The molecule has 0 radical (unpaired) electrons. The number of amides is 1. The minimum absolute atomic E-state index is 0.0888. The molecule has 0 spiro atoms. The Morgan fingerprint density at radius 2 is 2.18 bits per heavy atom. The van der Waals surface area contributed by atoms with Gasteiger partial charge in [-0.2, -0.15) is 10.2 Å². The first-order valence-electron chi connectivity index (χ1n) is 9.16. The molecule has 1 fully saturated rings. The number of carbonyl (C=O) groups excluding carboxylic acids is 1. The normalized spacial score (nSPS) is 16.6. The van der Waals surface area contributed by atoms with Crippen LogP contribution in [-0.4, -0.2) is 57.5 Å². The van der Waals surface area contributed by atoms with E-state index in [2.05, 4.69) is 20.4 Å². The van der Waals surface area contributed by atoms with E-state index >= 15 is 0 Å². The fourth-order valence-corrected chi connectivity index (χ4v) is 3.27. The van der Waals surface area contributed by atoms with Crippen molar-refractivity contribution in [3.63, 3.8) is 0 Å². The zero-order valence-electron chi connectivity index (χ0n) is 15.5. The summed E-state index contributed by atoms with van der Waals surface area (Å²) in [6, 6.07) is 12.9. The lowest BCUT2D eigenvalue weighted by Gasteiger charge is -2.32. The Morgan fingerprint density at radius 1 is 1.25 bits per heavy atom. The molecule has 1 unspecified atom stereocenters. The summed E-state index contributed by atoms with van der Waals surface area (Å²) in [5.41, 5.74) is 2.04. The van der Waals surface area contributed by atoms with E-state index < -0.39 is 0 Å². The molecule has 1 aromatic carbocycles. The summed E-state index contributed by atoms with van der Waals surface area (Å²) in [5.74, 6) is 1.13. The molecule has 3 aromatic rings. The maximum atomic E-state index is 12.9. The maximum absolute atomic E-state index is 12.9. The second-order valence-electron chi connectivity index (χ2n) is 6.59. The first kappa shape index (κ1) is 18.0. The van der Waals surface area contributed by atoms with Gasteiger partial charge in [-0.05, 0) is 37.1 Å². The van der Waals surface area contributed by atoms with Gasteiger partial charge in [-0.15, -0.1) is 5.10 Å². The first-order chi connectivity index (χ1) is 13.7. The van der Waals surface area contributed by atoms with Gasteiger partial charge >= 0.3 is 0 Å². The van der Waals surface area contributed by atoms with Crippen LogP contribution in [0.4, 0.5) is 0 Å². The van der Waals surface area contributed by atoms with E-state index in [9.17, 15) is 4.79 Å². The molecule has 1 atom stereocenters. The molecule has 0 saturated carbocycles. The highest BCUT2D eigenvalue weighted by Crippen LogP contribution is 2.24. The Kier molecular flexibility index (Phi) is 5.18. The SMILES string of the molecule is COc1cccc(-c2cc(C(=O)N3CCCC(Oc4cccnn4)C3)[nH]n2)c1. The van der Waals surface area contributed by atoms with Crippen LogP contribution in [-0.2, 0) is 0 Å². The fourth-order valence-electron chi connectivity index (χ4n) is 3.27. The van der Waals surface area contributed by atoms with Crippen molar-refractivity contribution in [2.24, 2.45) is 0 Å². The van der Waals surface area contributed by atoms with Gasteiger partial charge in [0.15, 0.2) is 0 Å². The molecule has 28 heavy (non-hydrogen) atoms. The molecule has 1 amide bonds. The van der Waals surface area contributed by atoms with Crippen LogP contribution >= 0.6 is 0 Å². The average molecular weight is 379 g/mol. The standard InChI is InChI=1S/C20H21N5O3/c1-27-15-6-2-5-14(11-15)17-12-18(23-22-17)20(26)25-10-4-7-16(13-25)28-19-8-3-9-21-24-19/h2-3,5-6,8-9,11-12,16H,4,7,10,13H2,1H3,(H,22,23). The van der Waals surface area contributed by atoms with Gasteiger partial charge in [0.25, 0.3) is 5.91 Å². The molecule has 2 aromatic heterocycles. The van der Waals surface area contributed by atoms with Gasteiger partial charge < -0.3 is 14.4 Å². The van der Waals surface area contributed by atoms with E-state index in [1.807, 2.05) is 24.3 Å². The summed E-state index contributed by atoms with van der Waals surface area (Å²) < 4.78 is 11.1. The maximum Gasteiger partial charge on any atom is 0.272 e. The van der Waals surface area contributed by atoms with Crippen LogP contribution in [0.25, 0.3) is 11.3 Å². The molecule has 1 saturated heterocycles. The molecule has 0 aliphatic carbocycles. The number of benzene rings is 1. The van der Waals surface area contributed by atoms with Crippen LogP contribution in [0.3, 0.4) is 0 Å². The number of nitrogens with one attached hydrogen (secondary N) is 1. The van der Waals surface area contributed by atoms with Gasteiger partial charge in [0.2, 0.25) is 5.88 Å².